The summed E-state index contributed by atoms with van der Waals surface area (Å²) in [7, 11) is 0. The first-order valence-electron chi connectivity index (χ1n) is 6.72. The first-order chi connectivity index (χ1) is 9.60. The summed E-state index contributed by atoms with van der Waals surface area (Å²) in [6, 6.07) is 13.9. The average molecular weight is 309 g/mol. The highest BCUT2D eigenvalue weighted by Gasteiger charge is 2.14. The number of hydrogen-bond acceptors (Lipinski definition) is 1. The number of halogens is 2. The van der Waals surface area contributed by atoms with Crippen molar-refractivity contribution in [2.24, 2.45) is 0 Å². The van der Waals surface area contributed by atoms with Crippen LogP contribution < -0.4 is 4.74 Å². The van der Waals surface area contributed by atoms with E-state index in [0.717, 1.165) is 22.8 Å². The van der Waals surface area contributed by atoms with Gasteiger partial charge in [0.2, 0.25) is 0 Å². The molecular weight excluding hydrogens is 291 g/mol. The first kappa shape index (κ1) is 15.2. The maximum absolute atomic E-state index is 6.58. The third-order valence-corrected chi connectivity index (χ3v) is 3.77. The summed E-state index contributed by atoms with van der Waals surface area (Å²) in [5.41, 5.74) is 3.40. The van der Waals surface area contributed by atoms with E-state index < -0.39 is 0 Å². The van der Waals surface area contributed by atoms with Crippen LogP contribution >= 0.6 is 23.2 Å². The third-order valence-electron chi connectivity index (χ3n) is 3.13. The monoisotopic (exact) mass is 308 g/mol. The number of alkyl halides is 1. The van der Waals surface area contributed by atoms with Gasteiger partial charge >= 0.3 is 0 Å². The minimum absolute atomic E-state index is 0.113. The number of rotatable bonds is 5. The molecule has 0 amide bonds. The molecule has 0 aliphatic rings. The highest BCUT2D eigenvalue weighted by atomic mass is 35.5. The van der Waals surface area contributed by atoms with E-state index in [4.69, 9.17) is 27.9 Å². The zero-order chi connectivity index (χ0) is 14.5. The van der Waals surface area contributed by atoms with Gasteiger partial charge in [0.05, 0.1) is 12.0 Å². The minimum Gasteiger partial charge on any atom is -0.494 e. The number of ether oxygens (including phenoxy) is 1. The van der Waals surface area contributed by atoms with Crippen LogP contribution in [0.15, 0.2) is 42.5 Å². The van der Waals surface area contributed by atoms with Crippen molar-refractivity contribution in [3.8, 4) is 5.75 Å². The quantitative estimate of drug-likeness (QED) is 0.656. The van der Waals surface area contributed by atoms with Crippen molar-refractivity contribution in [3.63, 3.8) is 0 Å². The van der Waals surface area contributed by atoms with E-state index in [1.807, 2.05) is 43.3 Å². The average Bonchev–Trinajstić information content (AvgIpc) is 2.43. The first-order valence-corrected chi connectivity index (χ1v) is 7.53. The van der Waals surface area contributed by atoms with E-state index in [9.17, 15) is 0 Å². The van der Waals surface area contributed by atoms with Crippen LogP contribution in [0.5, 0.6) is 5.75 Å². The molecule has 2 aromatic carbocycles. The molecular formula is C17H18Cl2O. The summed E-state index contributed by atoms with van der Waals surface area (Å²) in [6.45, 7) is 4.68. The maximum Gasteiger partial charge on any atom is 0.123 e. The number of hydrogen-bond donors (Lipinski definition) is 0. The van der Waals surface area contributed by atoms with Crippen molar-refractivity contribution in [1.82, 2.24) is 0 Å². The summed E-state index contributed by atoms with van der Waals surface area (Å²) in [5, 5.41) is 0.628. The molecule has 106 valence electrons. The fraction of sp³-hybridized carbons (Fsp3) is 0.294. The van der Waals surface area contributed by atoms with Gasteiger partial charge in [0.15, 0.2) is 0 Å². The maximum atomic E-state index is 6.58. The van der Waals surface area contributed by atoms with Gasteiger partial charge in [-0.05, 0) is 44.0 Å². The molecule has 0 saturated carbocycles. The van der Waals surface area contributed by atoms with E-state index in [0.29, 0.717) is 6.61 Å². The van der Waals surface area contributed by atoms with Crippen molar-refractivity contribution >= 4 is 23.2 Å². The number of aryl methyl sites for hydroxylation is 1. The molecule has 3 heteroatoms. The molecule has 0 bridgehead atoms. The van der Waals surface area contributed by atoms with Gasteiger partial charge in [0.1, 0.15) is 5.75 Å². The van der Waals surface area contributed by atoms with E-state index in [2.05, 4.69) is 13.0 Å². The largest absolute Gasteiger partial charge is 0.494 e. The molecule has 2 rings (SSSR count). The third kappa shape index (κ3) is 3.91. The zero-order valence-electron chi connectivity index (χ0n) is 11.7. The molecule has 0 aliphatic carbocycles. The van der Waals surface area contributed by atoms with Gasteiger partial charge in [-0.2, -0.15) is 0 Å². The van der Waals surface area contributed by atoms with Gasteiger partial charge in [-0.1, -0.05) is 41.4 Å². The van der Waals surface area contributed by atoms with Gasteiger partial charge in [0.25, 0.3) is 0 Å². The lowest BCUT2D eigenvalue weighted by Gasteiger charge is -2.16. The molecule has 0 saturated heterocycles. The summed E-state index contributed by atoms with van der Waals surface area (Å²) < 4.78 is 5.66. The van der Waals surface area contributed by atoms with Crippen molar-refractivity contribution in [1.29, 1.82) is 0 Å². The van der Waals surface area contributed by atoms with E-state index >= 15 is 0 Å². The van der Waals surface area contributed by atoms with Gasteiger partial charge in [0, 0.05) is 10.6 Å². The molecule has 0 radical (unpaired) electrons. The lowest BCUT2D eigenvalue weighted by molar-refractivity contribution is 0.336. The van der Waals surface area contributed by atoms with Gasteiger partial charge in [-0.3, -0.25) is 0 Å². The van der Waals surface area contributed by atoms with Gasteiger partial charge in [-0.25, -0.2) is 0 Å². The van der Waals surface area contributed by atoms with Crippen LogP contribution in [0.4, 0.5) is 0 Å². The van der Waals surface area contributed by atoms with Crippen molar-refractivity contribution < 1.29 is 4.74 Å². The Labute approximate surface area is 130 Å². The van der Waals surface area contributed by atoms with Crippen molar-refractivity contribution in [2.45, 2.75) is 25.6 Å². The molecule has 0 spiro atoms. The van der Waals surface area contributed by atoms with Gasteiger partial charge in [-0.15, -0.1) is 11.6 Å². The fourth-order valence-electron chi connectivity index (χ4n) is 2.14. The molecule has 0 aromatic heterocycles. The van der Waals surface area contributed by atoms with Crippen LogP contribution in [-0.4, -0.2) is 6.61 Å². The van der Waals surface area contributed by atoms with Crippen LogP contribution in [0.1, 0.15) is 29.0 Å². The topological polar surface area (TPSA) is 9.23 Å². The SMILES string of the molecule is CCOc1ccc(C)cc1C(Cl)Cc1ccc(Cl)cc1. The van der Waals surface area contributed by atoms with Gasteiger partial charge < -0.3 is 4.74 Å². The van der Waals surface area contributed by atoms with E-state index in [1.165, 1.54) is 11.1 Å². The highest BCUT2D eigenvalue weighted by Crippen LogP contribution is 2.33. The van der Waals surface area contributed by atoms with E-state index in [-0.39, 0.29) is 5.38 Å². The lowest BCUT2D eigenvalue weighted by atomic mass is 10.0. The summed E-state index contributed by atoms with van der Waals surface area (Å²) in [6.07, 6.45) is 0.752. The summed E-state index contributed by atoms with van der Waals surface area (Å²) >= 11 is 12.5. The summed E-state index contributed by atoms with van der Waals surface area (Å²) in [4.78, 5) is 0. The second kappa shape index (κ2) is 7.01. The van der Waals surface area contributed by atoms with Crippen LogP contribution in [0.3, 0.4) is 0 Å². The molecule has 1 atom stereocenters. The van der Waals surface area contributed by atoms with Crippen molar-refractivity contribution in [2.75, 3.05) is 6.61 Å². The van der Waals surface area contributed by atoms with Crippen LogP contribution in [-0.2, 0) is 6.42 Å². The molecule has 1 nitrogen and oxygen atoms in total. The Morgan fingerprint density at radius 1 is 1.10 bits per heavy atom. The molecule has 0 heterocycles. The molecule has 0 N–H and O–H groups in total. The highest BCUT2D eigenvalue weighted by molar-refractivity contribution is 6.30. The lowest BCUT2D eigenvalue weighted by Crippen LogP contribution is -2.02. The van der Waals surface area contributed by atoms with Crippen LogP contribution in [0.25, 0.3) is 0 Å². The Morgan fingerprint density at radius 2 is 1.80 bits per heavy atom. The Hall–Kier alpha value is -1.18. The molecule has 0 aliphatic heterocycles. The molecule has 1 unspecified atom stereocenters. The normalized spacial score (nSPS) is 12.2. The Bertz CT molecular complexity index is 564. The molecule has 20 heavy (non-hydrogen) atoms. The minimum atomic E-state index is -0.113. The second-order valence-electron chi connectivity index (χ2n) is 4.77. The Morgan fingerprint density at radius 3 is 2.45 bits per heavy atom. The van der Waals surface area contributed by atoms with Crippen molar-refractivity contribution in [3.05, 3.63) is 64.2 Å². The Balaban J connectivity index is 2.21. The second-order valence-corrected chi connectivity index (χ2v) is 5.74. The molecule has 2 aromatic rings. The summed E-state index contributed by atoms with van der Waals surface area (Å²) in [5.74, 6) is 0.868. The van der Waals surface area contributed by atoms with E-state index in [1.54, 1.807) is 0 Å². The zero-order valence-corrected chi connectivity index (χ0v) is 13.2. The predicted octanol–water partition coefficient (Wildman–Crippen LogP) is 5.57. The standard InChI is InChI=1S/C17H18Cl2O/c1-3-20-17-9-4-12(2)10-15(17)16(19)11-13-5-7-14(18)8-6-13/h4-10,16H,3,11H2,1-2H3. The Kier molecular flexibility index (Phi) is 5.33. The predicted molar refractivity (Wildman–Crippen MR) is 86.1 cm³/mol. The van der Waals surface area contributed by atoms with Crippen LogP contribution in [0, 0.1) is 6.92 Å². The van der Waals surface area contributed by atoms with Crippen LogP contribution in [0.2, 0.25) is 5.02 Å². The fourth-order valence-corrected chi connectivity index (χ4v) is 2.61. The number of benzene rings is 2. The molecule has 0 fully saturated rings. The smallest absolute Gasteiger partial charge is 0.123 e.